The van der Waals surface area contributed by atoms with Crippen molar-refractivity contribution in [1.82, 2.24) is 19.6 Å². The van der Waals surface area contributed by atoms with Gasteiger partial charge in [0.25, 0.3) is 0 Å². The molecule has 8 heteroatoms. The largest absolute Gasteiger partial charge is 0.394 e. The van der Waals surface area contributed by atoms with Gasteiger partial charge < -0.3 is 34.4 Å². The predicted octanol–water partition coefficient (Wildman–Crippen LogP) is -0.777. The molecule has 0 saturated carbocycles. The molecule has 0 aromatic heterocycles. The molecule has 0 aliphatic heterocycles. The summed E-state index contributed by atoms with van der Waals surface area (Å²) in [6.07, 6.45) is 0. The Morgan fingerprint density at radius 2 is 0.846 bits per heavy atom. The van der Waals surface area contributed by atoms with Crippen LogP contribution in [0.5, 0.6) is 0 Å². The molecule has 0 aromatic rings. The van der Waals surface area contributed by atoms with E-state index in [0.29, 0.717) is 13.2 Å². The van der Waals surface area contributed by atoms with Crippen molar-refractivity contribution in [2.24, 2.45) is 0 Å². The quantitative estimate of drug-likeness (QED) is 0.402. The lowest BCUT2D eigenvalue weighted by Crippen LogP contribution is -2.40. The highest BCUT2D eigenvalue weighted by molar-refractivity contribution is 4.63. The molecule has 0 fully saturated rings. The molecule has 0 bridgehead atoms. The Bertz CT molecular complexity index is 213. The van der Waals surface area contributed by atoms with Crippen LogP contribution < -0.4 is 0 Å². The van der Waals surface area contributed by atoms with E-state index in [-0.39, 0.29) is 13.2 Å². The molecule has 0 spiro atoms. The smallest absolute Gasteiger partial charge is 0.0698 e. The van der Waals surface area contributed by atoms with Gasteiger partial charge in [0, 0.05) is 53.5 Å². The topological polar surface area (TPSA) is 71.9 Å². The van der Waals surface area contributed by atoms with Crippen molar-refractivity contribution in [2.45, 2.75) is 0 Å². The molecule has 2 N–H and O–H groups in total. The Kier molecular flexibility index (Phi) is 28.9. The van der Waals surface area contributed by atoms with Crippen molar-refractivity contribution in [2.75, 3.05) is 122 Å². The number of hydrogen-bond acceptors (Lipinski definition) is 8. The lowest BCUT2D eigenvalue weighted by Gasteiger charge is -2.26. The minimum atomic E-state index is 0.0278. The molecule has 0 atom stereocenters. The van der Waals surface area contributed by atoms with Gasteiger partial charge in [0.1, 0.15) is 0 Å². The van der Waals surface area contributed by atoms with Crippen molar-refractivity contribution in [3.63, 3.8) is 0 Å². The van der Waals surface area contributed by atoms with E-state index in [2.05, 4.69) is 71.4 Å². The number of aliphatic hydroxyl groups excluding tert-OH is 2. The molecule has 0 amide bonds. The Balaban J connectivity index is -0.000000438. The van der Waals surface area contributed by atoms with E-state index >= 15 is 0 Å². The van der Waals surface area contributed by atoms with E-state index < -0.39 is 0 Å². The van der Waals surface area contributed by atoms with Gasteiger partial charge in [0.05, 0.1) is 26.4 Å². The molecule has 8 nitrogen and oxygen atoms in total. The summed E-state index contributed by atoms with van der Waals surface area (Å²) in [5, 5.41) is 16.2. The number of methoxy groups -OCH3 is 1. The third-order valence-corrected chi connectivity index (χ3v) is 3.06. The molecule has 162 valence electrons. The van der Waals surface area contributed by atoms with Crippen molar-refractivity contribution >= 4 is 0 Å². The minimum absolute atomic E-state index is 0.0278. The van der Waals surface area contributed by atoms with E-state index in [9.17, 15) is 0 Å². The first-order valence-electron chi connectivity index (χ1n) is 9.11. The summed E-state index contributed by atoms with van der Waals surface area (Å²) >= 11 is 0. The molecule has 0 saturated heterocycles. The van der Waals surface area contributed by atoms with Gasteiger partial charge in [-0.3, -0.25) is 4.90 Å². The van der Waals surface area contributed by atoms with Crippen molar-refractivity contribution in [3.05, 3.63) is 0 Å². The Labute approximate surface area is 162 Å². The fourth-order valence-corrected chi connectivity index (χ4v) is 1.59. The minimum Gasteiger partial charge on any atom is -0.394 e. The Morgan fingerprint density at radius 3 is 1.04 bits per heavy atom. The monoisotopic (exact) mass is 382 g/mol. The van der Waals surface area contributed by atoms with Gasteiger partial charge in [-0.1, -0.05) is 0 Å². The third-order valence-electron chi connectivity index (χ3n) is 3.06. The van der Waals surface area contributed by atoms with Gasteiger partial charge in [-0.05, 0) is 42.3 Å². The first-order valence-corrected chi connectivity index (χ1v) is 9.11. The van der Waals surface area contributed by atoms with Crippen LogP contribution in [0, 0.1) is 0 Å². The number of likely N-dealkylation sites (N-methyl/N-ethyl adjacent to an activating group) is 3. The second kappa shape index (κ2) is 24.7. The normalized spacial score (nSPS) is 10.8. The van der Waals surface area contributed by atoms with Gasteiger partial charge in [-0.2, -0.15) is 0 Å². The van der Waals surface area contributed by atoms with Gasteiger partial charge in [-0.15, -0.1) is 0 Å². The molecule has 0 rings (SSSR count). The second-order valence-corrected chi connectivity index (χ2v) is 6.72. The molecule has 0 unspecified atom stereocenters. The van der Waals surface area contributed by atoms with Crippen LogP contribution in [-0.4, -0.2) is 152 Å². The maximum absolute atomic E-state index is 8.09. The number of aliphatic hydroxyl groups is 2. The van der Waals surface area contributed by atoms with Crippen LogP contribution in [-0.2, 0) is 9.47 Å². The molecule has 0 radical (unpaired) electrons. The first kappa shape index (κ1) is 30.4. The van der Waals surface area contributed by atoms with Gasteiger partial charge >= 0.3 is 0 Å². The summed E-state index contributed by atoms with van der Waals surface area (Å²) < 4.78 is 8.88. The lowest BCUT2D eigenvalue weighted by atomic mass is 10.4. The second-order valence-electron chi connectivity index (χ2n) is 6.72. The van der Waals surface area contributed by atoms with Gasteiger partial charge in [0.15, 0.2) is 0 Å². The summed E-state index contributed by atoms with van der Waals surface area (Å²) in [5.74, 6) is 0. The average molecular weight is 383 g/mol. The van der Waals surface area contributed by atoms with Crippen LogP contribution in [0.15, 0.2) is 0 Å². The van der Waals surface area contributed by atoms with E-state index in [0.717, 1.165) is 39.3 Å². The third kappa shape index (κ3) is 34.9. The zero-order valence-corrected chi connectivity index (χ0v) is 18.6. The van der Waals surface area contributed by atoms with Crippen LogP contribution in [0.4, 0.5) is 0 Å². The molecule has 0 aliphatic rings. The van der Waals surface area contributed by atoms with E-state index in [1.165, 1.54) is 0 Å². The van der Waals surface area contributed by atoms with E-state index in [4.69, 9.17) is 10.2 Å². The molecule has 0 heterocycles. The standard InChI is InChI=1S/C12H30N4.C4H10O3.C2H6O/c1-13(2)7-10-16(11-8-14(3)4)12-9-15(5)6;5-1-3-7-4-2-6;1-3-2/h7-12H2,1-6H3;5-6H,1-4H2;1-2H3. The fourth-order valence-electron chi connectivity index (χ4n) is 1.59. The maximum Gasteiger partial charge on any atom is 0.0698 e. The fraction of sp³-hybridized carbons (Fsp3) is 1.00. The van der Waals surface area contributed by atoms with Crippen molar-refractivity contribution < 1.29 is 19.7 Å². The summed E-state index contributed by atoms with van der Waals surface area (Å²) in [6.45, 7) is 7.60. The first-order chi connectivity index (χ1) is 12.2. The van der Waals surface area contributed by atoms with Crippen LogP contribution >= 0.6 is 0 Å². The van der Waals surface area contributed by atoms with Crippen LogP contribution in [0.25, 0.3) is 0 Å². The van der Waals surface area contributed by atoms with E-state index in [1.807, 2.05) is 0 Å². The Morgan fingerprint density at radius 1 is 0.577 bits per heavy atom. The highest BCUT2D eigenvalue weighted by Gasteiger charge is 2.06. The molecular formula is C18H46N4O4. The summed E-state index contributed by atoms with van der Waals surface area (Å²) in [5.41, 5.74) is 0. The zero-order chi connectivity index (χ0) is 20.8. The lowest BCUT2D eigenvalue weighted by molar-refractivity contribution is 0.0650. The summed E-state index contributed by atoms with van der Waals surface area (Å²) in [4.78, 5) is 9.29. The van der Waals surface area contributed by atoms with Crippen molar-refractivity contribution in [3.8, 4) is 0 Å². The number of ether oxygens (including phenoxy) is 2. The van der Waals surface area contributed by atoms with Crippen molar-refractivity contribution in [1.29, 1.82) is 0 Å². The highest BCUT2D eigenvalue weighted by Crippen LogP contribution is 1.91. The highest BCUT2D eigenvalue weighted by atomic mass is 16.5. The van der Waals surface area contributed by atoms with Gasteiger partial charge in [-0.25, -0.2) is 0 Å². The van der Waals surface area contributed by atoms with Gasteiger partial charge in [0.2, 0.25) is 0 Å². The SMILES string of the molecule is CN(C)CCN(CCN(C)C)CCN(C)C.COC.OCCOCCO. The Hall–Kier alpha value is -0.320. The zero-order valence-electron chi connectivity index (χ0n) is 18.6. The average Bonchev–Trinajstić information content (AvgIpc) is 2.55. The number of rotatable bonds is 13. The molecule has 0 aliphatic carbocycles. The predicted molar refractivity (Wildman–Crippen MR) is 110 cm³/mol. The summed E-state index contributed by atoms with van der Waals surface area (Å²) in [6, 6.07) is 0. The molecular weight excluding hydrogens is 336 g/mol. The molecule has 26 heavy (non-hydrogen) atoms. The maximum atomic E-state index is 8.09. The van der Waals surface area contributed by atoms with E-state index in [1.54, 1.807) is 14.2 Å². The van der Waals surface area contributed by atoms with Crippen LogP contribution in [0.2, 0.25) is 0 Å². The van der Waals surface area contributed by atoms with Crippen LogP contribution in [0.3, 0.4) is 0 Å². The summed E-state index contributed by atoms with van der Waals surface area (Å²) in [7, 11) is 16.1. The van der Waals surface area contributed by atoms with Crippen LogP contribution in [0.1, 0.15) is 0 Å². The molecule has 0 aromatic carbocycles. The number of nitrogens with zero attached hydrogens (tertiary/aromatic N) is 4. The number of hydrogen-bond donors (Lipinski definition) is 2.